The van der Waals surface area contributed by atoms with Crippen molar-refractivity contribution in [1.29, 1.82) is 0 Å². The normalized spacial score (nSPS) is 12.1. The molecule has 2 N–H and O–H groups in total. The Morgan fingerprint density at radius 1 is 1.29 bits per heavy atom. The highest BCUT2D eigenvalue weighted by Gasteiger charge is 2.26. The number of ether oxygens (including phenoxy) is 1. The summed E-state index contributed by atoms with van der Waals surface area (Å²) in [5.74, 6) is 0.818. The van der Waals surface area contributed by atoms with E-state index in [4.69, 9.17) is 4.74 Å². The summed E-state index contributed by atoms with van der Waals surface area (Å²) in [6.07, 6.45) is 3.02. The molecule has 0 spiro atoms. The standard InChI is InChI=1S/C17H24N6O/c1-17(2,16-20-21-22-23(16)10-11-24-3)19-9-8-13-12-18-15-7-5-4-6-14(13)15/h4-7,12,18-19H,8-11H2,1-3H3. The monoisotopic (exact) mass is 328 g/mol. The van der Waals surface area contributed by atoms with Gasteiger partial charge in [0.2, 0.25) is 0 Å². The van der Waals surface area contributed by atoms with Gasteiger partial charge >= 0.3 is 0 Å². The van der Waals surface area contributed by atoms with E-state index in [-0.39, 0.29) is 5.54 Å². The third kappa shape index (κ3) is 3.47. The number of rotatable bonds is 8. The first-order chi connectivity index (χ1) is 11.6. The maximum absolute atomic E-state index is 5.11. The van der Waals surface area contributed by atoms with Crippen LogP contribution < -0.4 is 5.32 Å². The molecule has 0 atom stereocenters. The second kappa shape index (κ2) is 7.11. The molecule has 0 aliphatic heterocycles. The smallest absolute Gasteiger partial charge is 0.170 e. The molecule has 0 amide bonds. The number of aromatic nitrogens is 5. The molecule has 3 rings (SSSR count). The van der Waals surface area contributed by atoms with Gasteiger partial charge in [-0.15, -0.1) is 5.10 Å². The largest absolute Gasteiger partial charge is 0.383 e. The van der Waals surface area contributed by atoms with E-state index in [0.717, 1.165) is 18.8 Å². The zero-order valence-corrected chi connectivity index (χ0v) is 14.4. The molecule has 3 aromatic rings. The number of methoxy groups -OCH3 is 1. The second-order valence-electron chi connectivity index (χ2n) is 6.38. The van der Waals surface area contributed by atoms with E-state index in [1.165, 1.54) is 16.5 Å². The number of H-pyrrole nitrogens is 1. The van der Waals surface area contributed by atoms with Crippen molar-refractivity contribution >= 4 is 10.9 Å². The fraction of sp³-hybridized carbons (Fsp3) is 0.471. The van der Waals surface area contributed by atoms with Crippen LogP contribution in [0.25, 0.3) is 10.9 Å². The van der Waals surface area contributed by atoms with E-state index in [1.807, 2.05) is 6.07 Å². The van der Waals surface area contributed by atoms with Crippen LogP contribution in [0.4, 0.5) is 0 Å². The van der Waals surface area contributed by atoms with E-state index in [1.54, 1.807) is 11.8 Å². The Morgan fingerprint density at radius 2 is 2.12 bits per heavy atom. The van der Waals surface area contributed by atoms with E-state index >= 15 is 0 Å². The Balaban J connectivity index is 1.64. The predicted molar refractivity (Wildman–Crippen MR) is 92.7 cm³/mol. The summed E-state index contributed by atoms with van der Waals surface area (Å²) in [5.41, 5.74) is 2.17. The molecule has 0 aliphatic rings. The zero-order chi connectivity index (χ0) is 17.0. The molecule has 0 saturated heterocycles. The van der Waals surface area contributed by atoms with Gasteiger partial charge < -0.3 is 15.0 Å². The van der Waals surface area contributed by atoms with Crippen LogP contribution in [0.15, 0.2) is 30.5 Å². The molecule has 0 aliphatic carbocycles. The number of benzene rings is 1. The lowest BCUT2D eigenvalue weighted by atomic mass is 10.0. The number of hydrogen-bond acceptors (Lipinski definition) is 5. The summed E-state index contributed by atoms with van der Waals surface area (Å²) < 4.78 is 6.91. The molecule has 1 aromatic carbocycles. The molecule has 7 heteroatoms. The number of fused-ring (bicyclic) bond motifs is 1. The van der Waals surface area contributed by atoms with Gasteiger partial charge in [0.05, 0.1) is 18.7 Å². The Bertz CT molecular complexity index is 791. The van der Waals surface area contributed by atoms with Crippen LogP contribution in [0.3, 0.4) is 0 Å². The maximum Gasteiger partial charge on any atom is 0.170 e. The van der Waals surface area contributed by atoms with Gasteiger partial charge in [0.25, 0.3) is 0 Å². The highest BCUT2D eigenvalue weighted by Crippen LogP contribution is 2.19. The molecule has 0 bridgehead atoms. The molecule has 0 saturated carbocycles. The van der Waals surface area contributed by atoms with Gasteiger partial charge in [-0.05, 0) is 42.3 Å². The molecule has 0 radical (unpaired) electrons. The molecular formula is C17H24N6O. The summed E-state index contributed by atoms with van der Waals surface area (Å²) in [7, 11) is 1.68. The van der Waals surface area contributed by atoms with Crippen molar-refractivity contribution in [3.05, 3.63) is 41.9 Å². The average molecular weight is 328 g/mol. The Kier molecular flexibility index (Phi) is 4.92. The molecule has 7 nitrogen and oxygen atoms in total. The molecule has 2 heterocycles. The first-order valence-electron chi connectivity index (χ1n) is 8.17. The first kappa shape index (κ1) is 16.6. The maximum atomic E-state index is 5.11. The summed E-state index contributed by atoms with van der Waals surface area (Å²) in [4.78, 5) is 3.32. The quantitative estimate of drug-likeness (QED) is 0.660. The molecule has 128 valence electrons. The number of para-hydroxylation sites is 1. The lowest BCUT2D eigenvalue weighted by molar-refractivity contribution is 0.179. The Labute approximate surface area is 141 Å². The van der Waals surface area contributed by atoms with Gasteiger partial charge in [0.15, 0.2) is 5.82 Å². The second-order valence-corrected chi connectivity index (χ2v) is 6.38. The topological polar surface area (TPSA) is 80.7 Å². The lowest BCUT2D eigenvalue weighted by Gasteiger charge is -2.25. The zero-order valence-electron chi connectivity index (χ0n) is 14.4. The molecule has 24 heavy (non-hydrogen) atoms. The number of nitrogens with one attached hydrogen (secondary N) is 2. The van der Waals surface area contributed by atoms with Gasteiger partial charge in [0.1, 0.15) is 0 Å². The summed E-state index contributed by atoms with van der Waals surface area (Å²) in [5, 5.41) is 16.9. The van der Waals surface area contributed by atoms with Crippen molar-refractivity contribution in [3.63, 3.8) is 0 Å². The van der Waals surface area contributed by atoms with Gasteiger partial charge in [0, 0.05) is 30.8 Å². The highest BCUT2D eigenvalue weighted by atomic mass is 16.5. The van der Waals surface area contributed by atoms with E-state index < -0.39 is 0 Å². The van der Waals surface area contributed by atoms with Crippen molar-refractivity contribution < 1.29 is 4.74 Å². The van der Waals surface area contributed by atoms with Crippen molar-refractivity contribution in [3.8, 4) is 0 Å². The van der Waals surface area contributed by atoms with E-state index in [9.17, 15) is 0 Å². The molecule has 2 aromatic heterocycles. The van der Waals surface area contributed by atoms with Gasteiger partial charge in [-0.2, -0.15) is 0 Å². The Hall–Kier alpha value is -2.25. The van der Waals surface area contributed by atoms with Crippen LogP contribution in [0.2, 0.25) is 0 Å². The fourth-order valence-corrected chi connectivity index (χ4v) is 2.91. The van der Waals surface area contributed by atoms with E-state index in [0.29, 0.717) is 13.2 Å². The van der Waals surface area contributed by atoms with Crippen molar-refractivity contribution in [2.45, 2.75) is 32.4 Å². The highest BCUT2D eigenvalue weighted by molar-refractivity contribution is 5.83. The SMILES string of the molecule is COCCn1nnnc1C(C)(C)NCCc1c[nH]c2ccccc12. The van der Waals surface area contributed by atoms with Crippen molar-refractivity contribution in [2.24, 2.45) is 0 Å². The third-order valence-corrected chi connectivity index (χ3v) is 4.23. The molecule has 0 fully saturated rings. The number of nitrogens with zero attached hydrogens (tertiary/aromatic N) is 4. The van der Waals surface area contributed by atoms with Crippen LogP contribution in [-0.4, -0.2) is 45.5 Å². The van der Waals surface area contributed by atoms with E-state index in [2.05, 4.69) is 64.1 Å². The fourth-order valence-electron chi connectivity index (χ4n) is 2.91. The van der Waals surface area contributed by atoms with Crippen LogP contribution in [0.5, 0.6) is 0 Å². The molecular weight excluding hydrogens is 304 g/mol. The van der Waals surface area contributed by atoms with Crippen LogP contribution in [-0.2, 0) is 23.2 Å². The number of hydrogen-bond donors (Lipinski definition) is 2. The summed E-state index contributed by atoms with van der Waals surface area (Å²) in [6.45, 7) is 6.26. The lowest BCUT2D eigenvalue weighted by Crippen LogP contribution is -2.40. The van der Waals surface area contributed by atoms with Crippen molar-refractivity contribution in [2.75, 3.05) is 20.3 Å². The average Bonchev–Trinajstić information content (AvgIpc) is 3.20. The van der Waals surface area contributed by atoms with Gasteiger partial charge in [-0.25, -0.2) is 4.68 Å². The molecule has 0 unspecified atom stereocenters. The van der Waals surface area contributed by atoms with Crippen LogP contribution >= 0.6 is 0 Å². The minimum atomic E-state index is -0.316. The first-order valence-corrected chi connectivity index (χ1v) is 8.17. The van der Waals surface area contributed by atoms with Gasteiger partial charge in [-0.1, -0.05) is 18.2 Å². The summed E-state index contributed by atoms with van der Waals surface area (Å²) in [6, 6.07) is 8.36. The third-order valence-electron chi connectivity index (χ3n) is 4.23. The van der Waals surface area contributed by atoms with Crippen LogP contribution in [0.1, 0.15) is 25.2 Å². The van der Waals surface area contributed by atoms with Crippen molar-refractivity contribution in [1.82, 2.24) is 30.5 Å². The number of tetrazole rings is 1. The van der Waals surface area contributed by atoms with Crippen LogP contribution in [0, 0.1) is 0 Å². The minimum Gasteiger partial charge on any atom is -0.383 e. The predicted octanol–water partition coefficient (Wildman–Crippen LogP) is 1.87. The minimum absolute atomic E-state index is 0.316. The Morgan fingerprint density at radius 3 is 2.96 bits per heavy atom. The summed E-state index contributed by atoms with van der Waals surface area (Å²) >= 11 is 0. The van der Waals surface area contributed by atoms with Gasteiger partial charge in [-0.3, -0.25) is 0 Å². The number of aromatic amines is 1.